The Labute approximate surface area is 152 Å². The van der Waals surface area contributed by atoms with Crippen molar-refractivity contribution in [2.24, 2.45) is 0 Å². The third-order valence-corrected chi connectivity index (χ3v) is 4.30. The van der Waals surface area contributed by atoms with Crippen molar-refractivity contribution in [3.05, 3.63) is 58.9 Å². The number of esters is 1. The molecule has 3 rings (SSSR count). The predicted octanol–water partition coefficient (Wildman–Crippen LogP) is 3.18. The van der Waals surface area contributed by atoms with Gasteiger partial charge in [0.25, 0.3) is 0 Å². The van der Waals surface area contributed by atoms with Crippen molar-refractivity contribution in [1.29, 1.82) is 0 Å². The number of aryl methyl sites for hydroxylation is 1. The van der Waals surface area contributed by atoms with Gasteiger partial charge in [0.1, 0.15) is 0 Å². The standard InChI is InChI=1S/C20H21NO5/c1-4-5-20(23)24-11-17(22)16-8-13(2)21(14(16)3)10-15-6-7-18-19(9-15)26-12-25-18/h4-9H,10-12H2,1-3H3/b5-4+. The van der Waals surface area contributed by atoms with Crippen molar-refractivity contribution in [1.82, 2.24) is 4.57 Å². The van der Waals surface area contributed by atoms with Crippen molar-refractivity contribution in [2.45, 2.75) is 27.3 Å². The molecule has 6 nitrogen and oxygen atoms in total. The minimum absolute atomic E-state index is 0.215. The number of hydrogen-bond donors (Lipinski definition) is 0. The Morgan fingerprint density at radius 2 is 1.96 bits per heavy atom. The molecule has 0 N–H and O–H groups in total. The molecule has 0 fully saturated rings. The second kappa shape index (κ2) is 7.47. The number of Topliss-reactive ketones (excluding diaryl/α,β-unsaturated/α-hetero) is 1. The highest BCUT2D eigenvalue weighted by Gasteiger charge is 2.18. The highest BCUT2D eigenvalue weighted by atomic mass is 16.7. The number of hydrogen-bond acceptors (Lipinski definition) is 5. The molecule has 0 atom stereocenters. The number of nitrogens with zero attached hydrogens (tertiary/aromatic N) is 1. The Hall–Kier alpha value is -3.02. The van der Waals surface area contributed by atoms with Gasteiger partial charge in [-0.15, -0.1) is 0 Å². The zero-order valence-electron chi connectivity index (χ0n) is 15.1. The lowest BCUT2D eigenvalue weighted by molar-refractivity contribution is -0.136. The average Bonchev–Trinajstić information content (AvgIpc) is 3.19. The van der Waals surface area contributed by atoms with Gasteiger partial charge in [-0.05, 0) is 44.5 Å². The van der Waals surface area contributed by atoms with Crippen LogP contribution in [0, 0.1) is 13.8 Å². The fourth-order valence-corrected chi connectivity index (χ4v) is 2.95. The van der Waals surface area contributed by atoms with Crippen LogP contribution < -0.4 is 9.47 Å². The molecule has 136 valence electrons. The number of benzene rings is 1. The fourth-order valence-electron chi connectivity index (χ4n) is 2.95. The first-order chi connectivity index (χ1) is 12.5. The Bertz CT molecular complexity index is 879. The van der Waals surface area contributed by atoms with E-state index in [9.17, 15) is 9.59 Å². The van der Waals surface area contributed by atoms with E-state index in [4.69, 9.17) is 14.2 Å². The number of carbonyl (C=O) groups excluding carboxylic acids is 2. The highest BCUT2D eigenvalue weighted by molar-refractivity contribution is 5.99. The molecule has 1 aliphatic rings. The molecule has 0 unspecified atom stereocenters. The van der Waals surface area contributed by atoms with E-state index < -0.39 is 5.97 Å². The van der Waals surface area contributed by atoms with Crippen LogP contribution in [-0.4, -0.2) is 29.7 Å². The van der Waals surface area contributed by atoms with E-state index in [1.165, 1.54) is 6.08 Å². The summed E-state index contributed by atoms with van der Waals surface area (Å²) < 4.78 is 17.8. The van der Waals surface area contributed by atoms with Crippen molar-refractivity contribution < 1.29 is 23.8 Å². The molecule has 0 radical (unpaired) electrons. The zero-order chi connectivity index (χ0) is 18.7. The molecule has 2 aromatic rings. The summed E-state index contributed by atoms with van der Waals surface area (Å²) >= 11 is 0. The molecule has 1 aliphatic heterocycles. The average molecular weight is 355 g/mol. The maximum Gasteiger partial charge on any atom is 0.330 e. The van der Waals surface area contributed by atoms with Gasteiger partial charge in [-0.25, -0.2) is 4.79 Å². The molecular formula is C20H21NO5. The van der Waals surface area contributed by atoms with Crippen LogP contribution in [-0.2, 0) is 16.1 Å². The number of allylic oxidation sites excluding steroid dienone is 1. The van der Waals surface area contributed by atoms with Crippen molar-refractivity contribution in [3.8, 4) is 11.5 Å². The third kappa shape index (κ3) is 3.64. The van der Waals surface area contributed by atoms with Crippen LogP contribution in [0.3, 0.4) is 0 Å². The van der Waals surface area contributed by atoms with Gasteiger partial charge in [-0.2, -0.15) is 0 Å². The molecule has 1 aromatic heterocycles. The minimum Gasteiger partial charge on any atom is -0.454 e. The van der Waals surface area contributed by atoms with Crippen LogP contribution >= 0.6 is 0 Å². The van der Waals surface area contributed by atoms with Gasteiger partial charge in [0.2, 0.25) is 12.6 Å². The van der Waals surface area contributed by atoms with Gasteiger partial charge >= 0.3 is 5.97 Å². The molecule has 0 saturated heterocycles. The van der Waals surface area contributed by atoms with Crippen molar-refractivity contribution in [2.75, 3.05) is 13.4 Å². The Morgan fingerprint density at radius 1 is 1.19 bits per heavy atom. The lowest BCUT2D eigenvalue weighted by Crippen LogP contribution is -2.13. The maximum absolute atomic E-state index is 12.4. The van der Waals surface area contributed by atoms with Crippen molar-refractivity contribution >= 4 is 11.8 Å². The van der Waals surface area contributed by atoms with Gasteiger partial charge in [-0.1, -0.05) is 12.1 Å². The first-order valence-corrected chi connectivity index (χ1v) is 8.37. The molecule has 0 spiro atoms. The van der Waals surface area contributed by atoms with E-state index in [0.29, 0.717) is 12.1 Å². The van der Waals surface area contributed by atoms with Gasteiger partial charge in [0.05, 0.1) is 0 Å². The van der Waals surface area contributed by atoms with E-state index in [1.807, 2.05) is 38.1 Å². The molecule has 0 aliphatic carbocycles. The summed E-state index contributed by atoms with van der Waals surface area (Å²) in [4.78, 5) is 23.8. The second-order valence-electron chi connectivity index (χ2n) is 6.09. The number of aromatic nitrogens is 1. The van der Waals surface area contributed by atoms with Crippen LogP contribution in [0.4, 0.5) is 0 Å². The monoisotopic (exact) mass is 355 g/mol. The normalized spacial score (nSPS) is 12.6. The van der Waals surface area contributed by atoms with Crippen LogP contribution in [0.2, 0.25) is 0 Å². The Kier molecular flexibility index (Phi) is 5.11. The largest absolute Gasteiger partial charge is 0.454 e. The van der Waals surface area contributed by atoms with Crippen LogP contribution in [0.25, 0.3) is 0 Å². The summed E-state index contributed by atoms with van der Waals surface area (Å²) in [6.07, 6.45) is 2.86. The van der Waals surface area contributed by atoms with E-state index in [1.54, 1.807) is 13.0 Å². The van der Waals surface area contributed by atoms with Gasteiger partial charge in [0, 0.05) is 29.6 Å². The van der Waals surface area contributed by atoms with E-state index in [-0.39, 0.29) is 19.2 Å². The predicted molar refractivity (Wildman–Crippen MR) is 95.7 cm³/mol. The summed E-state index contributed by atoms with van der Waals surface area (Å²) in [6.45, 7) is 6.14. The molecule has 2 heterocycles. The summed E-state index contributed by atoms with van der Waals surface area (Å²) in [5, 5.41) is 0. The summed E-state index contributed by atoms with van der Waals surface area (Å²) in [6, 6.07) is 7.64. The Balaban J connectivity index is 1.75. The van der Waals surface area contributed by atoms with Crippen LogP contribution in [0.5, 0.6) is 11.5 Å². The topological polar surface area (TPSA) is 66.8 Å². The smallest absolute Gasteiger partial charge is 0.330 e. The first-order valence-electron chi connectivity index (χ1n) is 8.37. The Morgan fingerprint density at radius 3 is 2.73 bits per heavy atom. The van der Waals surface area contributed by atoms with Crippen LogP contribution in [0.15, 0.2) is 36.4 Å². The van der Waals surface area contributed by atoms with Crippen molar-refractivity contribution in [3.63, 3.8) is 0 Å². The zero-order valence-corrected chi connectivity index (χ0v) is 15.1. The number of fused-ring (bicyclic) bond motifs is 1. The number of carbonyl (C=O) groups is 2. The minimum atomic E-state index is -0.519. The molecule has 6 heteroatoms. The summed E-state index contributed by atoms with van der Waals surface area (Å²) in [7, 11) is 0. The number of ether oxygens (including phenoxy) is 3. The number of ketones is 1. The quantitative estimate of drug-likeness (QED) is 0.452. The van der Waals surface area contributed by atoms with E-state index in [2.05, 4.69) is 4.57 Å². The van der Waals surface area contributed by atoms with E-state index >= 15 is 0 Å². The summed E-state index contributed by atoms with van der Waals surface area (Å²) in [5.41, 5.74) is 3.42. The molecule has 0 saturated carbocycles. The first kappa shape index (κ1) is 17.8. The van der Waals surface area contributed by atoms with Gasteiger partial charge in [-0.3, -0.25) is 4.79 Å². The SMILES string of the molecule is C/C=C/C(=O)OCC(=O)c1cc(C)n(Cc2ccc3c(c2)OCO3)c1C. The number of rotatable bonds is 6. The third-order valence-electron chi connectivity index (χ3n) is 4.30. The molecule has 26 heavy (non-hydrogen) atoms. The second-order valence-corrected chi connectivity index (χ2v) is 6.09. The summed E-state index contributed by atoms with van der Waals surface area (Å²) in [5.74, 6) is 0.744. The lowest BCUT2D eigenvalue weighted by Gasteiger charge is -2.10. The van der Waals surface area contributed by atoms with E-state index in [0.717, 1.165) is 28.5 Å². The van der Waals surface area contributed by atoms with Crippen LogP contribution in [0.1, 0.15) is 34.2 Å². The maximum atomic E-state index is 12.4. The fraction of sp³-hybridized carbons (Fsp3) is 0.300. The molecule has 1 aromatic carbocycles. The lowest BCUT2D eigenvalue weighted by atomic mass is 10.1. The molecule has 0 bridgehead atoms. The van der Waals surface area contributed by atoms with Gasteiger partial charge < -0.3 is 18.8 Å². The highest BCUT2D eigenvalue weighted by Crippen LogP contribution is 2.33. The molecule has 0 amide bonds. The van der Waals surface area contributed by atoms with Gasteiger partial charge in [0.15, 0.2) is 18.1 Å². The molecular weight excluding hydrogens is 334 g/mol.